The van der Waals surface area contributed by atoms with Crippen LogP contribution in [0.2, 0.25) is 0 Å². The molecule has 0 bridgehead atoms. The van der Waals surface area contributed by atoms with E-state index in [-0.39, 0.29) is 0 Å². The van der Waals surface area contributed by atoms with Crippen molar-refractivity contribution in [3.63, 3.8) is 0 Å². The molecule has 1 aliphatic rings. The van der Waals surface area contributed by atoms with Gasteiger partial charge in [-0.3, -0.25) is 0 Å². The van der Waals surface area contributed by atoms with Crippen molar-refractivity contribution in [1.82, 2.24) is 0 Å². The molecular formula is C19H15O2P. The molecule has 0 fully saturated rings. The van der Waals surface area contributed by atoms with Crippen LogP contribution in [0.4, 0.5) is 0 Å². The highest BCUT2D eigenvalue weighted by molar-refractivity contribution is 7.85. The highest BCUT2D eigenvalue weighted by Gasteiger charge is 2.39. The van der Waals surface area contributed by atoms with Gasteiger partial charge in [-0.15, -0.1) is 0 Å². The molecule has 1 unspecified atom stereocenters. The topological polar surface area (TPSA) is 26.3 Å². The van der Waals surface area contributed by atoms with E-state index >= 15 is 0 Å². The Kier molecular flexibility index (Phi) is 2.95. The van der Waals surface area contributed by atoms with Gasteiger partial charge in [0.1, 0.15) is 11.5 Å². The Labute approximate surface area is 129 Å². The lowest BCUT2D eigenvalue weighted by Gasteiger charge is -2.29. The zero-order valence-corrected chi connectivity index (χ0v) is 13.1. The fourth-order valence-electron chi connectivity index (χ4n) is 2.98. The molecule has 22 heavy (non-hydrogen) atoms. The monoisotopic (exact) mass is 306 g/mol. The van der Waals surface area contributed by atoms with Gasteiger partial charge in [-0.1, -0.05) is 54.6 Å². The molecule has 3 aromatic rings. The standard InChI is InChI=1S/C19H15O2P/c1-14-8-7-13-18-19(14)21-16-11-5-6-12-17(16)22(18,20)15-9-3-2-4-10-15/h2-13H,1H3. The number of hydrogen-bond donors (Lipinski definition) is 0. The summed E-state index contributed by atoms with van der Waals surface area (Å²) >= 11 is 0. The minimum atomic E-state index is -2.90. The van der Waals surface area contributed by atoms with Crippen LogP contribution in [-0.4, -0.2) is 0 Å². The normalized spacial score (nSPS) is 19.0. The van der Waals surface area contributed by atoms with Gasteiger partial charge in [0.2, 0.25) is 0 Å². The zero-order valence-electron chi connectivity index (χ0n) is 12.2. The molecule has 2 nitrogen and oxygen atoms in total. The van der Waals surface area contributed by atoms with Crippen LogP contribution in [0, 0.1) is 6.92 Å². The fraction of sp³-hybridized carbons (Fsp3) is 0.0526. The molecule has 1 heterocycles. The molecule has 4 rings (SSSR count). The summed E-state index contributed by atoms with van der Waals surface area (Å²) in [4.78, 5) is 0. The molecule has 0 saturated heterocycles. The van der Waals surface area contributed by atoms with Crippen molar-refractivity contribution in [3.8, 4) is 11.5 Å². The van der Waals surface area contributed by atoms with Gasteiger partial charge >= 0.3 is 0 Å². The molecular weight excluding hydrogens is 291 g/mol. The molecule has 0 radical (unpaired) electrons. The van der Waals surface area contributed by atoms with Crippen LogP contribution in [-0.2, 0) is 4.57 Å². The van der Waals surface area contributed by atoms with Crippen molar-refractivity contribution < 1.29 is 9.30 Å². The van der Waals surface area contributed by atoms with Gasteiger partial charge in [-0.2, -0.15) is 0 Å². The third-order valence-electron chi connectivity index (χ3n) is 4.07. The first-order chi connectivity index (χ1) is 10.7. The van der Waals surface area contributed by atoms with Crippen molar-refractivity contribution in [3.05, 3.63) is 78.4 Å². The molecule has 3 aromatic carbocycles. The smallest absolute Gasteiger partial charge is 0.178 e. The van der Waals surface area contributed by atoms with E-state index in [0.717, 1.165) is 27.2 Å². The summed E-state index contributed by atoms with van der Waals surface area (Å²) in [7, 11) is -2.90. The van der Waals surface area contributed by atoms with Gasteiger partial charge in [-0.05, 0) is 30.7 Å². The van der Waals surface area contributed by atoms with E-state index in [2.05, 4.69) is 0 Å². The molecule has 0 aliphatic carbocycles. The van der Waals surface area contributed by atoms with Gasteiger partial charge in [0, 0.05) is 5.30 Å². The Morgan fingerprint density at radius 3 is 2.27 bits per heavy atom. The molecule has 0 aromatic heterocycles. The van der Waals surface area contributed by atoms with Crippen molar-refractivity contribution >= 4 is 23.1 Å². The minimum absolute atomic E-state index is 0.691. The Morgan fingerprint density at radius 1 is 0.773 bits per heavy atom. The van der Waals surface area contributed by atoms with E-state index < -0.39 is 7.14 Å². The van der Waals surface area contributed by atoms with Crippen LogP contribution in [0.25, 0.3) is 0 Å². The van der Waals surface area contributed by atoms with Crippen LogP contribution >= 0.6 is 7.14 Å². The second kappa shape index (κ2) is 4.86. The number of hydrogen-bond acceptors (Lipinski definition) is 2. The van der Waals surface area contributed by atoms with Crippen LogP contribution < -0.4 is 20.7 Å². The van der Waals surface area contributed by atoms with E-state index in [0.29, 0.717) is 5.75 Å². The number of rotatable bonds is 1. The quantitative estimate of drug-likeness (QED) is 0.501. The van der Waals surface area contributed by atoms with Gasteiger partial charge in [0.15, 0.2) is 7.14 Å². The van der Waals surface area contributed by atoms with Crippen molar-refractivity contribution in [2.45, 2.75) is 6.92 Å². The average molecular weight is 306 g/mol. The van der Waals surface area contributed by atoms with Crippen molar-refractivity contribution in [1.29, 1.82) is 0 Å². The van der Waals surface area contributed by atoms with Gasteiger partial charge in [0.25, 0.3) is 0 Å². The van der Waals surface area contributed by atoms with Crippen molar-refractivity contribution in [2.75, 3.05) is 0 Å². The Bertz CT molecular complexity index is 900. The number of aryl methyl sites for hydroxylation is 1. The largest absolute Gasteiger partial charge is 0.455 e. The van der Waals surface area contributed by atoms with Crippen LogP contribution in [0.15, 0.2) is 72.8 Å². The number of para-hydroxylation sites is 2. The molecule has 3 heteroatoms. The number of ether oxygens (including phenoxy) is 1. The summed E-state index contributed by atoms with van der Waals surface area (Å²) in [6, 6.07) is 23.2. The maximum Gasteiger partial charge on any atom is 0.178 e. The number of benzene rings is 3. The summed E-state index contributed by atoms with van der Waals surface area (Å²) in [6.45, 7) is 1.99. The third kappa shape index (κ3) is 1.77. The maximum atomic E-state index is 14.2. The summed E-state index contributed by atoms with van der Waals surface area (Å²) in [5, 5.41) is 2.41. The van der Waals surface area contributed by atoms with Crippen LogP contribution in [0.3, 0.4) is 0 Å². The molecule has 0 saturated carbocycles. The van der Waals surface area contributed by atoms with E-state index in [1.807, 2.05) is 79.7 Å². The minimum Gasteiger partial charge on any atom is -0.455 e. The van der Waals surface area contributed by atoms with E-state index in [9.17, 15) is 4.57 Å². The Morgan fingerprint density at radius 2 is 1.45 bits per heavy atom. The lowest BCUT2D eigenvalue weighted by molar-refractivity contribution is 0.481. The predicted molar refractivity (Wildman–Crippen MR) is 90.6 cm³/mol. The summed E-state index contributed by atoms with van der Waals surface area (Å²) in [6.07, 6.45) is 0. The SMILES string of the molecule is Cc1cccc2c1Oc1ccccc1P2(=O)c1ccccc1. The molecule has 0 amide bonds. The van der Waals surface area contributed by atoms with Gasteiger partial charge < -0.3 is 9.30 Å². The summed E-state index contributed by atoms with van der Waals surface area (Å²) in [5.74, 6) is 1.42. The molecule has 1 aliphatic heterocycles. The van der Waals surface area contributed by atoms with Gasteiger partial charge in [-0.25, -0.2) is 0 Å². The lowest BCUT2D eigenvalue weighted by atomic mass is 10.2. The van der Waals surface area contributed by atoms with Crippen LogP contribution in [0.1, 0.15) is 5.56 Å². The van der Waals surface area contributed by atoms with E-state index in [1.54, 1.807) is 0 Å². The first kappa shape index (κ1) is 13.4. The van der Waals surface area contributed by atoms with Gasteiger partial charge in [0.05, 0.1) is 10.6 Å². The molecule has 0 N–H and O–H groups in total. The van der Waals surface area contributed by atoms with E-state index in [4.69, 9.17) is 4.74 Å². The van der Waals surface area contributed by atoms with Crippen molar-refractivity contribution in [2.24, 2.45) is 0 Å². The highest BCUT2D eigenvalue weighted by Crippen LogP contribution is 2.51. The maximum absolute atomic E-state index is 14.2. The highest BCUT2D eigenvalue weighted by atomic mass is 31.2. The second-order valence-corrected chi connectivity index (χ2v) is 8.14. The zero-order chi connectivity index (χ0) is 15.2. The summed E-state index contributed by atoms with van der Waals surface area (Å²) < 4.78 is 20.2. The second-order valence-electron chi connectivity index (χ2n) is 5.44. The fourth-order valence-corrected chi connectivity index (χ4v) is 5.92. The lowest BCUT2D eigenvalue weighted by Crippen LogP contribution is -2.31. The number of fused-ring (bicyclic) bond motifs is 2. The third-order valence-corrected chi connectivity index (χ3v) is 7.17. The Balaban J connectivity index is 2.11. The Hall–Kier alpha value is -2.31. The average Bonchev–Trinajstić information content (AvgIpc) is 2.57. The molecule has 0 spiro atoms. The molecule has 1 atom stereocenters. The predicted octanol–water partition coefficient (Wildman–Crippen LogP) is 3.74. The molecule has 108 valence electrons. The first-order valence-corrected chi connectivity index (χ1v) is 8.95. The first-order valence-electron chi connectivity index (χ1n) is 7.24. The summed E-state index contributed by atoms with van der Waals surface area (Å²) in [5.41, 5.74) is 1.00. The van der Waals surface area contributed by atoms with Crippen LogP contribution in [0.5, 0.6) is 11.5 Å². The van der Waals surface area contributed by atoms with E-state index in [1.165, 1.54) is 0 Å².